The molecule has 0 heterocycles. The van der Waals surface area contributed by atoms with Gasteiger partial charge in [-0.3, -0.25) is 0 Å². The fraction of sp³-hybridized carbons (Fsp3) is 0.250. The maximum atomic E-state index is 5.69. The Morgan fingerprint density at radius 1 is 0.895 bits per heavy atom. The molecule has 0 saturated heterocycles. The molecule has 2 nitrogen and oxygen atoms in total. The van der Waals surface area contributed by atoms with Crippen molar-refractivity contribution < 1.29 is 4.74 Å². The average Bonchev–Trinajstić information content (AvgIpc) is 2.40. The molecular formula is C16H20ClNO. The summed E-state index contributed by atoms with van der Waals surface area (Å²) in [6, 6.07) is 18.1. The molecule has 2 rings (SSSR count). The summed E-state index contributed by atoms with van der Waals surface area (Å²) >= 11 is 0. The Balaban J connectivity index is 0.00000180. The van der Waals surface area contributed by atoms with E-state index in [4.69, 9.17) is 10.5 Å². The second-order valence-electron chi connectivity index (χ2n) is 4.36. The fourth-order valence-corrected chi connectivity index (χ4v) is 1.87. The molecule has 3 heteroatoms. The van der Waals surface area contributed by atoms with E-state index in [-0.39, 0.29) is 12.4 Å². The summed E-state index contributed by atoms with van der Waals surface area (Å²) in [7, 11) is 0. The van der Waals surface area contributed by atoms with Crippen molar-refractivity contribution in [3.8, 4) is 5.75 Å². The zero-order valence-corrected chi connectivity index (χ0v) is 11.7. The molecule has 0 atom stereocenters. The minimum Gasteiger partial charge on any atom is -0.494 e. The van der Waals surface area contributed by atoms with Crippen LogP contribution in [0.4, 0.5) is 5.69 Å². The highest BCUT2D eigenvalue weighted by Crippen LogP contribution is 2.15. The fourth-order valence-electron chi connectivity index (χ4n) is 1.87. The van der Waals surface area contributed by atoms with Crippen LogP contribution < -0.4 is 10.5 Å². The van der Waals surface area contributed by atoms with Crippen LogP contribution in [0.15, 0.2) is 54.6 Å². The van der Waals surface area contributed by atoms with Crippen molar-refractivity contribution in [3.05, 3.63) is 60.2 Å². The van der Waals surface area contributed by atoms with Gasteiger partial charge in [0.25, 0.3) is 0 Å². The van der Waals surface area contributed by atoms with E-state index in [2.05, 4.69) is 24.3 Å². The number of halogens is 1. The van der Waals surface area contributed by atoms with Crippen LogP contribution in [0.1, 0.15) is 18.4 Å². The van der Waals surface area contributed by atoms with Gasteiger partial charge in [-0.05, 0) is 37.0 Å². The zero-order valence-electron chi connectivity index (χ0n) is 10.9. The number of nitrogens with two attached hydrogens (primary N) is 1. The second-order valence-corrected chi connectivity index (χ2v) is 4.36. The SMILES string of the molecule is Cl.Nc1cccc(OCCCCc2ccccc2)c1. The standard InChI is InChI=1S/C16H19NO.ClH/c17-15-10-6-11-16(13-15)18-12-5-4-9-14-7-2-1-3-8-14;/h1-3,6-8,10-11,13H,4-5,9,12,17H2;1H. The largest absolute Gasteiger partial charge is 0.494 e. The molecule has 0 aliphatic rings. The van der Waals surface area contributed by atoms with Crippen molar-refractivity contribution in [1.29, 1.82) is 0 Å². The van der Waals surface area contributed by atoms with Gasteiger partial charge in [0.05, 0.1) is 6.61 Å². The minimum absolute atomic E-state index is 0. The molecule has 0 aromatic heterocycles. The maximum Gasteiger partial charge on any atom is 0.121 e. The Labute approximate surface area is 121 Å². The van der Waals surface area contributed by atoms with Gasteiger partial charge < -0.3 is 10.5 Å². The topological polar surface area (TPSA) is 35.2 Å². The van der Waals surface area contributed by atoms with Crippen LogP contribution in [0.25, 0.3) is 0 Å². The molecule has 0 amide bonds. The maximum absolute atomic E-state index is 5.69. The van der Waals surface area contributed by atoms with Gasteiger partial charge in [0.2, 0.25) is 0 Å². The van der Waals surface area contributed by atoms with E-state index < -0.39 is 0 Å². The Hall–Kier alpha value is -1.67. The summed E-state index contributed by atoms with van der Waals surface area (Å²) in [5.74, 6) is 0.856. The lowest BCUT2D eigenvalue weighted by atomic mass is 10.1. The normalized spacial score (nSPS) is 9.68. The number of aryl methyl sites for hydroxylation is 1. The third kappa shape index (κ3) is 5.66. The lowest BCUT2D eigenvalue weighted by molar-refractivity contribution is 0.307. The summed E-state index contributed by atoms with van der Waals surface area (Å²) in [6.45, 7) is 0.746. The van der Waals surface area contributed by atoms with Crippen LogP contribution in [-0.2, 0) is 6.42 Å². The van der Waals surface area contributed by atoms with Crippen molar-refractivity contribution in [3.63, 3.8) is 0 Å². The summed E-state index contributed by atoms with van der Waals surface area (Å²) in [5.41, 5.74) is 7.82. The van der Waals surface area contributed by atoms with E-state index in [0.29, 0.717) is 0 Å². The minimum atomic E-state index is 0. The summed E-state index contributed by atoms with van der Waals surface area (Å²) in [5, 5.41) is 0. The van der Waals surface area contributed by atoms with Crippen molar-refractivity contribution in [2.24, 2.45) is 0 Å². The Kier molecular flexibility index (Phi) is 6.83. The molecular weight excluding hydrogens is 258 g/mol. The molecule has 0 saturated carbocycles. The smallest absolute Gasteiger partial charge is 0.121 e. The molecule has 0 spiro atoms. The monoisotopic (exact) mass is 277 g/mol. The van der Waals surface area contributed by atoms with E-state index in [0.717, 1.165) is 37.3 Å². The molecule has 0 bridgehead atoms. The van der Waals surface area contributed by atoms with Crippen LogP contribution in [0.2, 0.25) is 0 Å². The third-order valence-electron chi connectivity index (χ3n) is 2.83. The molecule has 0 unspecified atom stereocenters. The number of hydrogen-bond acceptors (Lipinski definition) is 2. The molecule has 2 N–H and O–H groups in total. The molecule has 0 radical (unpaired) electrons. The van der Waals surface area contributed by atoms with E-state index in [1.165, 1.54) is 5.56 Å². The van der Waals surface area contributed by atoms with E-state index >= 15 is 0 Å². The predicted molar refractivity (Wildman–Crippen MR) is 83.0 cm³/mol. The highest BCUT2D eigenvalue weighted by atomic mass is 35.5. The van der Waals surface area contributed by atoms with E-state index in [1.807, 2.05) is 30.3 Å². The molecule has 2 aromatic carbocycles. The Morgan fingerprint density at radius 3 is 2.42 bits per heavy atom. The number of unbranched alkanes of at least 4 members (excludes halogenated alkanes) is 1. The summed E-state index contributed by atoms with van der Waals surface area (Å²) in [6.07, 6.45) is 3.32. The first-order valence-electron chi connectivity index (χ1n) is 6.37. The number of rotatable bonds is 6. The van der Waals surface area contributed by atoms with Gasteiger partial charge in [0.15, 0.2) is 0 Å². The number of benzene rings is 2. The molecule has 102 valence electrons. The van der Waals surface area contributed by atoms with Gasteiger partial charge in [0, 0.05) is 11.8 Å². The van der Waals surface area contributed by atoms with Crippen molar-refractivity contribution in [2.45, 2.75) is 19.3 Å². The van der Waals surface area contributed by atoms with Gasteiger partial charge in [-0.1, -0.05) is 36.4 Å². The molecule has 19 heavy (non-hydrogen) atoms. The van der Waals surface area contributed by atoms with E-state index in [1.54, 1.807) is 0 Å². The van der Waals surface area contributed by atoms with Gasteiger partial charge in [-0.2, -0.15) is 0 Å². The van der Waals surface area contributed by atoms with Crippen LogP contribution in [0, 0.1) is 0 Å². The Morgan fingerprint density at radius 2 is 1.68 bits per heavy atom. The lowest BCUT2D eigenvalue weighted by Crippen LogP contribution is -1.98. The number of ether oxygens (including phenoxy) is 1. The third-order valence-corrected chi connectivity index (χ3v) is 2.83. The zero-order chi connectivity index (χ0) is 12.6. The summed E-state index contributed by atoms with van der Waals surface area (Å²) < 4.78 is 5.64. The predicted octanol–water partition coefficient (Wildman–Crippen LogP) is 4.09. The first kappa shape index (κ1) is 15.4. The molecule has 0 aliphatic carbocycles. The molecule has 2 aromatic rings. The Bertz CT molecular complexity index is 473. The number of hydrogen-bond donors (Lipinski definition) is 1. The van der Waals surface area contributed by atoms with Crippen molar-refractivity contribution in [2.75, 3.05) is 12.3 Å². The first-order valence-corrected chi connectivity index (χ1v) is 6.37. The lowest BCUT2D eigenvalue weighted by Gasteiger charge is -2.06. The highest BCUT2D eigenvalue weighted by molar-refractivity contribution is 5.85. The van der Waals surface area contributed by atoms with E-state index in [9.17, 15) is 0 Å². The van der Waals surface area contributed by atoms with Gasteiger partial charge >= 0.3 is 0 Å². The number of anilines is 1. The van der Waals surface area contributed by atoms with Gasteiger partial charge in [-0.25, -0.2) is 0 Å². The quantitative estimate of drug-likeness (QED) is 0.637. The van der Waals surface area contributed by atoms with Crippen molar-refractivity contribution >= 4 is 18.1 Å². The second kappa shape index (κ2) is 8.44. The van der Waals surface area contributed by atoms with Crippen molar-refractivity contribution in [1.82, 2.24) is 0 Å². The highest BCUT2D eigenvalue weighted by Gasteiger charge is 1.95. The molecule has 0 fully saturated rings. The van der Waals surface area contributed by atoms with Gasteiger partial charge in [-0.15, -0.1) is 12.4 Å². The van der Waals surface area contributed by atoms with Crippen LogP contribution in [-0.4, -0.2) is 6.61 Å². The van der Waals surface area contributed by atoms with Crippen LogP contribution in [0.3, 0.4) is 0 Å². The summed E-state index contributed by atoms with van der Waals surface area (Å²) in [4.78, 5) is 0. The molecule has 0 aliphatic heterocycles. The van der Waals surface area contributed by atoms with Crippen LogP contribution >= 0.6 is 12.4 Å². The average molecular weight is 278 g/mol. The first-order chi connectivity index (χ1) is 8.84. The van der Waals surface area contributed by atoms with Gasteiger partial charge in [0.1, 0.15) is 5.75 Å². The van der Waals surface area contributed by atoms with Crippen LogP contribution in [0.5, 0.6) is 5.75 Å². The number of nitrogen functional groups attached to an aromatic ring is 1.